The molecular formula is C32H43N3O6. The first-order valence-electron chi connectivity index (χ1n) is 14.1. The van der Waals surface area contributed by atoms with E-state index < -0.39 is 28.8 Å². The second-order valence-corrected chi connectivity index (χ2v) is 13.2. The molecule has 9 nitrogen and oxygen atoms in total. The van der Waals surface area contributed by atoms with E-state index in [1.165, 1.54) is 0 Å². The highest BCUT2D eigenvalue weighted by atomic mass is 16.6. The van der Waals surface area contributed by atoms with Crippen LogP contribution in [0.15, 0.2) is 24.3 Å². The van der Waals surface area contributed by atoms with Gasteiger partial charge >= 0.3 is 12.1 Å². The minimum Gasteiger partial charge on any atom is -0.479 e. The lowest BCUT2D eigenvalue weighted by atomic mass is 9.80. The van der Waals surface area contributed by atoms with Crippen LogP contribution >= 0.6 is 0 Å². The average Bonchev–Trinajstić information content (AvgIpc) is 2.85. The zero-order valence-corrected chi connectivity index (χ0v) is 25.7. The van der Waals surface area contributed by atoms with Crippen molar-refractivity contribution >= 4 is 29.3 Å². The Kier molecular flexibility index (Phi) is 7.90. The van der Waals surface area contributed by atoms with Crippen LogP contribution in [0.3, 0.4) is 0 Å². The molecule has 1 saturated heterocycles. The highest BCUT2D eigenvalue weighted by Crippen LogP contribution is 2.48. The topological polar surface area (TPSA) is 117 Å². The number of carboxylic acid groups (broad SMARTS) is 1. The van der Waals surface area contributed by atoms with Crippen LogP contribution < -0.4 is 10.6 Å². The van der Waals surface area contributed by atoms with Gasteiger partial charge in [-0.1, -0.05) is 29.8 Å². The number of hydrogen-bond donors (Lipinski definition) is 3. The lowest BCUT2D eigenvalue weighted by Gasteiger charge is -2.45. The summed E-state index contributed by atoms with van der Waals surface area (Å²) in [6, 6.07) is 7.96. The van der Waals surface area contributed by atoms with E-state index >= 15 is 0 Å². The molecule has 41 heavy (non-hydrogen) atoms. The van der Waals surface area contributed by atoms with Crippen LogP contribution in [0.2, 0.25) is 0 Å². The summed E-state index contributed by atoms with van der Waals surface area (Å²) in [7, 11) is 0. The number of amides is 2. The second-order valence-electron chi connectivity index (χ2n) is 13.2. The standard InChI is InChI=1S/C32H43N3O6/c1-18-10-12-21(13-11-18)22-19(2)25-24(20(3)23(22)26(27(36)37)40-30(4,5)6)33-28(38)32(34-25)14-16-35(17-15-32)29(39)41-31(7,8)9/h10-13,26,34H,14-17H2,1-9H3,(H,33,38)(H,36,37)/t26-/m0/s1. The summed E-state index contributed by atoms with van der Waals surface area (Å²) >= 11 is 0. The number of aryl methyl sites for hydroxylation is 1. The molecule has 4 rings (SSSR count). The van der Waals surface area contributed by atoms with Gasteiger partial charge in [-0.2, -0.15) is 0 Å². The van der Waals surface area contributed by atoms with Crippen LogP contribution in [0, 0.1) is 20.8 Å². The normalized spacial score (nSPS) is 17.4. The molecule has 1 spiro atoms. The van der Waals surface area contributed by atoms with Crippen molar-refractivity contribution in [3.8, 4) is 11.1 Å². The van der Waals surface area contributed by atoms with Crippen LogP contribution in [0.25, 0.3) is 11.1 Å². The fourth-order valence-electron chi connectivity index (χ4n) is 5.62. The van der Waals surface area contributed by atoms with Crippen molar-refractivity contribution in [1.29, 1.82) is 0 Å². The number of nitrogens with zero attached hydrogens (tertiary/aromatic N) is 1. The number of carbonyl (C=O) groups excluding carboxylic acids is 2. The summed E-state index contributed by atoms with van der Waals surface area (Å²) < 4.78 is 11.7. The van der Waals surface area contributed by atoms with E-state index in [9.17, 15) is 19.5 Å². The number of carbonyl (C=O) groups is 3. The Morgan fingerprint density at radius 1 is 0.927 bits per heavy atom. The summed E-state index contributed by atoms with van der Waals surface area (Å²) in [5.41, 5.74) is 3.77. The molecule has 0 saturated carbocycles. The maximum absolute atomic E-state index is 13.7. The molecule has 0 aromatic heterocycles. The molecule has 0 aliphatic carbocycles. The van der Waals surface area contributed by atoms with Gasteiger partial charge in [0.15, 0.2) is 6.10 Å². The molecule has 0 unspecified atom stereocenters. The molecule has 222 valence electrons. The number of benzene rings is 2. The van der Waals surface area contributed by atoms with Crippen LogP contribution in [-0.2, 0) is 19.1 Å². The maximum atomic E-state index is 13.7. The van der Waals surface area contributed by atoms with Crippen LogP contribution in [-0.4, -0.2) is 57.8 Å². The van der Waals surface area contributed by atoms with E-state index in [1.807, 2.05) is 86.6 Å². The number of carboxylic acids is 1. The zero-order valence-electron chi connectivity index (χ0n) is 25.7. The number of fused-ring (bicyclic) bond motifs is 1. The third-order valence-corrected chi connectivity index (χ3v) is 7.65. The number of piperidine rings is 1. The molecule has 0 bridgehead atoms. The Balaban J connectivity index is 1.81. The van der Waals surface area contributed by atoms with Gasteiger partial charge in [-0.15, -0.1) is 0 Å². The van der Waals surface area contributed by atoms with Gasteiger partial charge in [-0.3, -0.25) is 4.79 Å². The summed E-state index contributed by atoms with van der Waals surface area (Å²) in [5.74, 6) is -1.30. The molecule has 3 N–H and O–H groups in total. The van der Waals surface area contributed by atoms with Crippen molar-refractivity contribution in [2.75, 3.05) is 23.7 Å². The first-order valence-corrected chi connectivity index (χ1v) is 14.1. The predicted octanol–water partition coefficient (Wildman–Crippen LogP) is 6.35. The molecule has 9 heteroatoms. The number of hydrogen-bond acceptors (Lipinski definition) is 6. The third-order valence-electron chi connectivity index (χ3n) is 7.65. The van der Waals surface area contributed by atoms with Gasteiger partial charge in [-0.25, -0.2) is 9.59 Å². The van der Waals surface area contributed by atoms with E-state index in [0.29, 0.717) is 42.7 Å². The van der Waals surface area contributed by atoms with Crippen molar-refractivity contribution in [1.82, 2.24) is 4.90 Å². The fourth-order valence-corrected chi connectivity index (χ4v) is 5.62. The van der Waals surface area contributed by atoms with Gasteiger partial charge in [0.25, 0.3) is 0 Å². The number of anilines is 2. The van der Waals surface area contributed by atoms with E-state index in [4.69, 9.17) is 9.47 Å². The second kappa shape index (κ2) is 10.7. The lowest BCUT2D eigenvalue weighted by molar-refractivity contribution is -0.160. The molecule has 2 aromatic carbocycles. The van der Waals surface area contributed by atoms with E-state index in [1.54, 1.807) is 4.90 Å². The number of ether oxygens (including phenoxy) is 2. The molecule has 2 aliphatic rings. The number of rotatable bonds is 4. The lowest BCUT2D eigenvalue weighted by Crippen LogP contribution is -2.59. The number of likely N-dealkylation sites (tertiary alicyclic amines) is 1. The highest BCUT2D eigenvalue weighted by Gasteiger charge is 2.47. The molecule has 2 aromatic rings. The average molecular weight is 566 g/mol. The van der Waals surface area contributed by atoms with Crippen molar-refractivity contribution in [2.45, 2.75) is 98.0 Å². The van der Waals surface area contributed by atoms with Crippen LogP contribution in [0.1, 0.15) is 82.7 Å². The van der Waals surface area contributed by atoms with Crippen molar-refractivity contribution < 1.29 is 29.0 Å². The summed E-state index contributed by atoms with van der Waals surface area (Å²) in [4.78, 5) is 40.6. The van der Waals surface area contributed by atoms with Gasteiger partial charge in [0.1, 0.15) is 11.1 Å². The third kappa shape index (κ3) is 6.20. The molecule has 2 amide bonds. The highest BCUT2D eigenvalue weighted by molar-refractivity contribution is 6.09. The first-order chi connectivity index (χ1) is 18.9. The largest absolute Gasteiger partial charge is 0.479 e. The van der Waals surface area contributed by atoms with Gasteiger partial charge in [0, 0.05) is 18.7 Å². The van der Waals surface area contributed by atoms with Crippen LogP contribution in [0.5, 0.6) is 0 Å². The summed E-state index contributed by atoms with van der Waals surface area (Å²) in [6.07, 6.45) is -0.827. The number of nitrogens with one attached hydrogen (secondary N) is 2. The smallest absolute Gasteiger partial charge is 0.410 e. The van der Waals surface area contributed by atoms with Gasteiger partial charge in [-0.05, 0) is 97.4 Å². The molecule has 2 heterocycles. The Morgan fingerprint density at radius 3 is 2.02 bits per heavy atom. The van der Waals surface area contributed by atoms with E-state index in [-0.39, 0.29) is 12.0 Å². The first kappa shape index (κ1) is 30.4. The molecule has 1 atom stereocenters. The Bertz CT molecular complexity index is 1360. The Labute approximate surface area is 242 Å². The summed E-state index contributed by atoms with van der Waals surface area (Å²) in [6.45, 7) is 17.5. The van der Waals surface area contributed by atoms with Gasteiger partial charge < -0.3 is 30.1 Å². The van der Waals surface area contributed by atoms with Gasteiger partial charge in [0.05, 0.1) is 17.0 Å². The maximum Gasteiger partial charge on any atom is 0.410 e. The predicted molar refractivity (Wildman–Crippen MR) is 159 cm³/mol. The Morgan fingerprint density at radius 2 is 1.51 bits per heavy atom. The molecule has 1 fully saturated rings. The fraction of sp³-hybridized carbons (Fsp3) is 0.531. The minimum absolute atomic E-state index is 0.200. The zero-order chi connectivity index (χ0) is 30.5. The molecule has 0 radical (unpaired) electrons. The van der Waals surface area contributed by atoms with E-state index in [2.05, 4.69) is 10.6 Å². The number of aliphatic carboxylic acids is 1. The Hall–Kier alpha value is -3.59. The monoisotopic (exact) mass is 565 g/mol. The van der Waals surface area contributed by atoms with Crippen molar-refractivity contribution in [3.05, 3.63) is 46.5 Å². The molecular weight excluding hydrogens is 522 g/mol. The SMILES string of the molecule is Cc1ccc(-c2c(C)c3c(c(C)c2[C@H](OC(C)(C)C)C(=O)O)NC(=O)C2(CCN(C(=O)OC(C)(C)C)CC2)N3)cc1. The quantitative estimate of drug-likeness (QED) is 0.395. The van der Waals surface area contributed by atoms with Crippen molar-refractivity contribution in [3.63, 3.8) is 0 Å². The summed E-state index contributed by atoms with van der Waals surface area (Å²) in [5, 5.41) is 17.0. The van der Waals surface area contributed by atoms with E-state index in [0.717, 1.165) is 27.9 Å². The molecule has 2 aliphatic heterocycles. The van der Waals surface area contributed by atoms with Crippen LogP contribution in [0.4, 0.5) is 16.2 Å². The van der Waals surface area contributed by atoms with Crippen molar-refractivity contribution in [2.24, 2.45) is 0 Å². The van der Waals surface area contributed by atoms with Gasteiger partial charge in [0.2, 0.25) is 5.91 Å². The minimum atomic E-state index is -1.25.